The van der Waals surface area contributed by atoms with E-state index in [-0.39, 0.29) is 6.10 Å². The van der Waals surface area contributed by atoms with E-state index in [9.17, 15) is 5.11 Å². The topological polar surface area (TPSA) is 53.7 Å². The van der Waals surface area contributed by atoms with Crippen LogP contribution in [0.3, 0.4) is 0 Å². The average molecular weight is 329 g/mol. The molecule has 1 aromatic carbocycles. The van der Waals surface area contributed by atoms with Crippen LogP contribution < -0.4 is 4.90 Å². The molecule has 3 aromatic rings. The van der Waals surface area contributed by atoms with Crippen molar-refractivity contribution in [3.63, 3.8) is 0 Å². The third-order valence-corrected chi connectivity index (χ3v) is 4.42. The number of β-amino-alcohol motifs (C(OH)–C–C–N with tert-alkyl or cyclic N) is 1. The molecule has 0 bridgehead atoms. The van der Waals surface area contributed by atoms with Gasteiger partial charge in [0.25, 0.3) is 0 Å². The number of aliphatic hydroxyl groups is 1. The monoisotopic (exact) mass is 328 g/mol. The highest BCUT2D eigenvalue weighted by Gasteiger charge is 2.21. The van der Waals surface area contributed by atoms with Crippen LogP contribution >= 0.6 is 11.6 Å². The summed E-state index contributed by atoms with van der Waals surface area (Å²) in [5.41, 5.74) is 2.78. The van der Waals surface area contributed by atoms with Crippen molar-refractivity contribution >= 4 is 22.9 Å². The fourth-order valence-corrected chi connectivity index (χ4v) is 3.28. The molecule has 0 aliphatic carbocycles. The van der Waals surface area contributed by atoms with E-state index in [0.29, 0.717) is 11.6 Å². The predicted molar refractivity (Wildman–Crippen MR) is 90.9 cm³/mol. The van der Waals surface area contributed by atoms with Gasteiger partial charge in [-0.1, -0.05) is 23.7 Å². The lowest BCUT2D eigenvalue weighted by Gasteiger charge is -2.31. The summed E-state index contributed by atoms with van der Waals surface area (Å²) in [6.45, 7) is 1.52. The summed E-state index contributed by atoms with van der Waals surface area (Å²) in [6, 6.07) is 9.69. The molecule has 1 aliphatic heterocycles. The van der Waals surface area contributed by atoms with Crippen LogP contribution in [0.25, 0.3) is 16.8 Å². The molecule has 0 spiro atoms. The van der Waals surface area contributed by atoms with Gasteiger partial charge in [-0.05, 0) is 31.0 Å². The maximum absolute atomic E-state index is 9.92. The molecule has 1 saturated heterocycles. The molecule has 0 saturated carbocycles. The Balaban J connectivity index is 1.78. The van der Waals surface area contributed by atoms with Crippen molar-refractivity contribution in [3.8, 4) is 11.3 Å². The van der Waals surface area contributed by atoms with Crippen molar-refractivity contribution in [2.75, 3.05) is 18.0 Å². The van der Waals surface area contributed by atoms with Gasteiger partial charge in [0.2, 0.25) is 0 Å². The number of aromatic nitrogens is 3. The van der Waals surface area contributed by atoms with E-state index in [1.165, 1.54) is 0 Å². The number of benzene rings is 1. The van der Waals surface area contributed by atoms with Gasteiger partial charge in [0.05, 0.1) is 11.8 Å². The van der Waals surface area contributed by atoms with E-state index >= 15 is 0 Å². The summed E-state index contributed by atoms with van der Waals surface area (Å²) in [4.78, 5) is 6.65. The fourth-order valence-electron chi connectivity index (χ4n) is 3.09. The van der Waals surface area contributed by atoms with E-state index in [1.54, 1.807) is 6.20 Å². The summed E-state index contributed by atoms with van der Waals surface area (Å²) in [5, 5.41) is 15.2. The molecule has 118 valence electrons. The van der Waals surface area contributed by atoms with Crippen LogP contribution in [0.5, 0.6) is 0 Å². The van der Waals surface area contributed by atoms with Gasteiger partial charge in [0.15, 0.2) is 5.82 Å². The Hall–Kier alpha value is -2.11. The minimum Gasteiger partial charge on any atom is -0.391 e. The second-order valence-electron chi connectivity index (χ2n) is 5.86. The zero-order valence-corrected chi connectivity index (χ0v) is 13.3. The Morgan fingerprint density at radius 2 is 2.17 bits per heavy atom. The normalized spacial score (nSPS) is 18.5. The summed E-state index contributed by atoms with van der Waals surface area (Å²) < 4.78 is 1.83. The molecule has 0 amide bonds. The van der Waals surface area contributed by atoms with Gasteiger partial charge in [-0.25, -0.2) is 9.50 Å². The van der Waals surface area contributed by atoms with Gasteiger partial charge in [-0.15, -0.1) is 0 Å². The van der Waals surface area contributed by atoms with Gasteiger partial charge in [0, 0.05) is 36.1 Å². The highest BCUT2D eigenvalue weighted by atomic mass is 35.5. The van der Waals surface area contributed by atoms with Gasteiger partial charge in [-0.2, -0.15) is 5.10 Å². The smallest absolute Gasteiger partial charge is 0.154 e. The first-order valence-electron chi connectivity index (χ1n) is 7.74. The van der Waals surface area contributed by atoms with Crippen molar-refractivity contribution < 1.29 is 5.11 Å². The second-order valence-corrected chi connectivity index (χ2v) is 6.30. The third kappa shape index (κ3) is 2.78. The first-order valence-corrected chi connectivity index (χ1v) is 8.12. The summed E-state index contributed by atoms with van der Waals surface area (Å²) >= 11 is 6.08. The standard InChI is InChI=1S/C17H17ClN4O/c18-13-4-1-3-12(9-13)15-10-16-17(19-6-8-22(16)20-15)21-7-2-5-14(23)11-21/h1,3-4,6,8-10,14,23H,2,5,7,11H2. The molecular weight excluding hydrogens is 312 g/mol. The maximum atomic E-state index is 9.92. The molecule has 23 heavy (non-hydrogen) atoms. The van der Waals surface area contributed by atoms with E-state index in [4.69, 9.17) is 11.6 Å². The maximum Gasteiger partial charge on any atom is 0.154 e. The molecule has 1 atom stereocenters. The summed E-state index contributed by atoms with van der Waals surface area (Å²) in [7, 11) is 0. The van der Waals surface area contributed by atoms with Crippen LogP contribution in [-0.4, -0.2) is 38.9 Å². The Morgan fingerprint density at radius 1 is 1.26 bits per heavy atom. The molecule has 2 aromatic heterocycles. The quantitative estimate of drug-likeness (QED) is 0.785. The molecule has 4 rings (SSSR count). The minimum absolute atomic E-state index is 0.291. The number of halogens is 1. The van der Waals surface area contributed by atoms with Crippen LogP contribution in [-0.2, 0) is 0 Å². The zero-order valence-electron chi connectivity index (χ0n) is 12.6. The van der Waals surface area contributed by atoms with Crippen LogP contribution in [0, 0.1) is 0 Å². The van der Waals surface area contributed by atoms with E-state index in [0.717, 1.165) is 42.0 Å². The number of hydrogen-bond donors (Lipinski definition) is 1. The molecule has 1 aliphatic rings. The van der Waals surface area contributed by atoms with Gasteiger partial charge < -0.3 is 10.0 Å². The van der Waals surface area contributed by atoms with Gasteiger partial charge >= 0.3 is 0 Å². The number of rotatable bonds is 2. The van der Waals surface area contributed by atoms with Gasteiger partial charge in [-0.3, -0.25) is 0 Å². The number of nitrogens with zero attached hydrogens (tertiary/aromatic N) is 4. The van der Waals surface area contributed by atoms with Crippen molar-refractivity contribution in [2.45, 2.75) is 18.9 Å². The summed E-state index contributed by atoms with van der Waals surface area (Å²) in [6.07, 6.45) is 5.12. The Kier molecular flexibility index (Phi) is 3.67. The van der Waals surface area contributed by atoms with E-state index in [2.05, 4.69) is 15.0 Å². The number of fused-ring (bicyclic) bond motifs is 1. The van der Waals surface area contributed by atoms with E-state index in [1.807, 2.05) is 41.0 Å². The Labute approximate surface area is 139 Å². The third-order valence-electron chi connectivity index (χ3n) is 4.19. The first kappa shape index (κ1) is 14.5. The van der Waals surface area contributed by atoms with Crippen LogP contribution in [0.15, 0.2) is 42.7 Å². The van der Waals surface area contributed by atoms with Crippen molar-refractivity contribution in [1.29, 1.82) is 0 Å². The highest BCUT2D eigenvalue weighted by Crippen LogP contribution is 2.28. The zero-order chi connectivity index (χ0) is 15.8. The molecule has 1 unspecified atom stereocenters. The predicted octanol–water partition coefficient (Wildman–Crippen LogP) is 3.01. The minimum atomic E-state index is -0.291. The largest absolute Gasteiger partial charge is 0.391 e. The fraction of sp³-hybridized carbons (Fsp3) is 0.294. The molecule has 0 radical (unpaired) electrons. The lowest BCUT2D eigenvalue weighted by Crippen LogP contribution is -2.38. The van der Waals surface area contributed by atoms with Crippen LogP contribution in [0.1, 0.15) is 12.8 Å². The lowest BCUT2D eigenvalue weighted by atomic mass is 10.1. The highest BCUT2D eigenvalue weighted by molar-refractivity contribution is 6.30. The molecule has 6 heteroatoms. The second kappa shape index (κ2) is 5.83. The number of hydrogen-bond acceptors (Lipinski definition) is 4. The lowest BCUT2D eigenvalue weighted by molar-refractivity contribution is 0.154. The molecule has 3 heterocycles. The molecule has 5 nitrogen and oxygen atoms in total. The summed E-state index contributed by atoms with van der Waals surface area (Å²) in [5.74, 6) is 0.868. The van der Waals surface area contributed by atoms with Gasteiger partial charge in [0.1, 0.15) is 5.52 Å². The van der Waals surface area contributed by atoms with Crippen molar-refractivity contribution in [1.82, 2.24) is 14.6 Å². The molecule has 1 N–H and O–H groups in total. The Morgan fingerprint density at radius 3 is 3.00 bits per heavy atom. The number of aliphatic hydroxyl groups excluding tert-OH is 1. The first-order chi connectivity index (χ1) is 11.2. The average Bonchev–Trinajstić information content (AvgIpc) is 2.99. The van der Waals surface area contributed by atoms with Crippen molar-refractivity contribution in [2.24, 2.45) is 0 Å². The van der Waals surface area contributed by atoms with Crippen LogP contribution in [0.4, 0.5) is 5.82 Å². The number of piperidine rings is 1. The van der Waals surface area contributed by atoms with Crippen LogP contribution in [0.2, 0.25) is 5.02 Å². The molecular formula is C17H17ClN4O. The number of anilines is 1. The Bertz CT molecular complexity index is 847. The SMILES string of the molecule is OC1CCCN(c2nccn3nc(-c4cccc(Cl)c4)cc23)C1. The van der Waals surface area contributed by atoms with E-state index < -0.39 is 0 Å². The molecule has 1 fully saturated rings. The van der Waals surface area contributed by atoms with Crippen molar-refractivity contribution in [3.05, 3.63) is 47.7 Å².